The minimum atomic E-state index is -0.662. The third-order valence-corrected chi connectivity index (χ3v) is 4.67. The number of halogens is 2. The zero-order chi connectivity index (χ0) is 18.8. The van der Waals surface area contributed by atoms with E-state index in [9.17, 15) is 14.0 Å². The molecule has 7 heteroatoms. The Morgan fingerprint density at radius 2 is 1.88 bits per heavy atom. The molecule has 0 bridgehead atoms. The third kappa shape index (κ3) is 3.37. The van der Waals surface area contributed by atoms with E-state index in [0.29, 0.717) is 35.1 Å². The third-order valence-electron chi connectivity index (χ3n) is 4.44. The Morgan fingerprint density at radius 1 is 1.19 bits per heavy atom. The molecule has 136 valence electrons. The normalized spacial score (nSPS) is 17.4. The highest BCUT2D eigenvalue weighted by Gasteiger charge is 2.36. The van der Waals surface area contributed by atoms with Crippen LogP contribution < -0.4 is 9.64 Å². The lowest BCUT2D eigenvalue weighted by Crippen LogP contribution is -2.57. The minimum Gasteiger partial charge on any atom is -0.495 e. The Balaban J connectivity index is 1.84. The number of hydrogen-bond donors (Lipinski definition) is 0. The predicted octanol–water partition coefficient (Wildman–Crippen LogP) is 3.37. The van der Waals surface area contributed by atoms with E-state index in [-0.39, 0.29) is 11.8 Å². The van der Waals surface area contributed by atoms with Crippen LogP contribution >= 0.6 is 11.6 Å². The van der Waals surface area contributed by atoms with E-state index in [1.807, 2.05) is 0 Å². The fourth-order valence-electron chi connectivity index (χ4n) is 3.02. The summed E-state index contributed by atoms with van der Waals surface area (Å²) in [6, 6.07) is 9.69. The van der Waals surface area contributed by atoms with Crippen molar-refractivity contribution in [2.24, 2.45) is 0 Å². The summed E-state index contributed by atoms with van der Waals surface area (Å²) >= 11 is 6.06. The Kier molecular flexibility index (Phi) is 5.13. The maximum atomic E-state index is 13.1. The highest BCUT2D eigenvalue weighted by Crippen LogP contribution is 2.33. The molecule has 0 radical (unpaired) electrons. The smallest absolute Gasteiger partial charge is 0.254 e. The topological polar surface area (TPSA) is 49.9 Å². The van der Waals surface area contributed by atoms with E-state index in [1.165, 1.54) is 36.3 Å². The molecular formula is C19H18ClFN2O3. The lowest BCUT2D eigenvalue weighted by atomic mass is 10.1. The lowest BCUT2D eigenvalue weighted by Gasteiger charge is -2.39. The van der Waals surface area contributed by atoms with Crippen molar-refractivity contribution in [3.05, 3.63) is 58.9 Å². The molecule has 2 aromatic rings. The van der Waals surface area contributed by atoms with E-state index in [4.69, 9.17) is 16.3 Å². The zero-order valence-corrected chi connectivity index (χ0v) is 15.2. The van der Waals surface area contributed by atoms with E-state index in [2.05, 4.69) is 0 Å². The number of carbonyl (C=O) groups excluding carboxylic acids is 2. The van der Waals surface area contributed by atoms with Crippen LogP contribution in [0, 0.1) is 5.82 Å². The van der Waals surface area contributed by atoms with Gasteiger partial charge in [-0.3, -0.25) is 9.59 Å². The first-order valence-corrected chi connectivity index (χ1v) is 8.51. The maximum Gasteiger partial charge on any atom is 0.254 e. The van der Waals surface area contributed by atoms with Crippen LogP contribution in [-0.4, -0.2) is 43.0 Å². The van der Waals surface area contributed by atoms with Crippen LogP contribution in [0.25, 0.3) is 0 Å². The van der Waals surface area contributed by atoms with Gasteiger partial charge in [-0.1, -0.05) is 11.6 Å². The minimum absolute atomic E-state index is 0.229. The van der Waals surface area contributed by atoms with Gasteiger partial charge in [0.15, 0.2) is 0 Å². The van der Waals surface area contributed by atoms with E-state index >= 15 is 0 Å². The number of carbonyl (C=O) groups is 2. The molecule has 0 spiro atoms. The average molecular weight is 377 g/mol. The van der Waals surface area contributed by atoms with Gasteiger partial charge in [-0.15, -0.1) is 0 Å². The quantitative estimate of drug-likeness (QED) is 0.825. The molecule has 1 atom stereocenters. The molecule has 1 saturated heterocycles. The number of benzene rings is 2. The van der Waals surface area contributed by atoms with Crippen molar-refractivity contribution in [2.45, 2.75) is 13.0 Å². The van der Waals surface area contributed by atoms with Gasteiger partial charge in [-0.05, 0) is 49.4 Å². The summed E-state index contributed by atoms with van der Waals surface area (Å²) < 4.78 is 18.4. The molecule has 1 fully saturated rings. The van der Waals surface area contributed by atoms with Gasteiger partial charge in [0.05, 0.1) is 12.8 Å². The molecule has 5 nitrogen and oxygen atoms in total. The number of nitrogens with zero attached hydrogens (tertiary/aromatic N) is 2. The zero-order valence-electron chi connectivity index (χ0n) is 14.4. The van der Waals surface area contributed by atoms with Crippen molar-refractivity contribution in [3.63, 3.8) is 0 Å². The summed E-state index contributed by atoms with van der Waals surface area (Å²) in [6.07, 6.45) is 0. The number of rotatable bonds is 3. The Hall–Kier alpha value is -2.60. The molecule has 26 heavy (non-hydrogen) atoms. The number of methoxy groups -OCH3 is 1. The van der Waals surface area contributed by atoms with Crippen LogP contribution in [0.3, 0.4) is 0 Å². The van der Waals surface area contributed by atoms with Gasteiger partial charge >= 0.3 is 0 Å². The molecule has 1 aliphatic heterocycles. The highest BCUT2D eigenvalue weighted by atomic mass is 35.5. The first-order chi connectivity index (χ1) is 12.4. The molecule has 2 aromatic carbocycles. The second-order valence-electron chi connectivity index (χ2n) is 5.99. The van der Waals surface area contributed by atoms with Crippen molar-refractivity contribution in [2.75, 3.05) is 25.1 Å². The van der Waals surface area contributed by atoms with Crippen molar-refractivity contribution in [1.82, 2.24) is 4.90 Å². The van der Waals surface area contributed by atoms with Gasteiger partial charge in [0.2, 0.25) is 5.91 Å². The summed E-state index contributed by atoms with van der Waals surface area (Å²) in [7, 11) is 1.52. The van der Waals surface area contributed by atoms with Crippen LogP contribution in [0.2, 0.25) is 5.02 Å². The van der Waals surface area contributed by atoms with E-state index in [1.54, 1.807) is 30.0 Å². The number of ether oxygens (including phenoxy) is 1. The van der Waals surface area contributed by atoms with Crippen molar-refractivity contribution < 1.29 is 18.7 Å². The van der Waals surface area contributed by atoms with Crippen LogP contribution in [0.5, 0.6) is 5.75 Å². The van der Waals surface area contributed by atoms with Crippen molar-refractivity contribution >= 4 is 29.1 Å². The lowest BCUT2D eigenvalue weighted by molar-refractivity contribution is -0.124. The monoisotopic (exact) mass is 376 g/mol. The Bertz CT molecular complexity index is 841. The van der Waals surface area contributed by atoms with Crippen LogP contribution in [0.15, 0.2) is 42.5 Å². The molecule has 0 N–H and O–H groups in total. The number of anilines is 1. The summed E-state index contributed by atoms with van der Waals surface area (Å²) in [5, 5.41) is 0.492. The Morgan fingerprint density at radius 3 is 2.54 bits per heavy atom. The number of hydrogen-bond acceptors (Lipinski definition) is 3. The number of piperazine rings is 1. The van der Waals surface area contributed by atoms with Crippen molar-refractivity contribution in [1.29, 1.82) is 0 Å². The number of amides is 2. The standard InChI is InChI=1S/C19H18ClFN2O3/c1-12-18(24)23(16-11-14(20)5-8-17(16)26-2)10-9-22(12)19(25)13-3-6-15(21)7-4-13/h3-8,11-12H,9-10H2,1-2H3/t12-/m0/s1. The average Bonchev–Trinajstić information content (AvgIpc) is 2.64. The fourth-order valence-corrected chi connectivity index (χ4v) is 3.19. The molecular weight excluding hydrogens is 359 g/mol. The van der Waals surface area contributed by atoms with Gasteiger partial charge < -0.3 is 14.5 Å². The van der Waals surface area contributed by atoms with Gasteiger partial charge in [0, 0.05) is 23.7 Å². The molecule has 0 unspecified atom stereocenters. The van der Waals surface area contributed by atoms with Gasteiger partial charge in [0.1, 0.15) is 17.6 Å². The van der Waals surface area contributed by atoms with Gasteiger partial charge in [0.25, 0.3) is 5.91 Å². The van der Waals surface area contributed by atoms with E-state index in [0.717, 1.165) is 0 Å². The van der Waals surface area contributed by atoms with Crippen molar-refractivity contribution in [3.8, 4) is 5.75 Å². The molecule has 0 aliphatic carbocycles. The first-order valence-electron chi connectivity index (χ1n) is 8.14. The second kappa shape index (κ2) is 7.33. The molecule has 0 aromatic heterocycles. The molecule has 1 aliphatic rings. The second-order valence-corrected chi connectivity index (χ2v) is 6.42. The van der Waals surface area contributed by atoms with E-state index < -0.39 is 11.9 Å². The predicted molar refractivity (Wildman–Crippen MR) is 97.3 cm³/mol. The SMILES string of the molecule is COc1ccc(Cl)cc1N1CCN(C(=O)c2ccc(F)cc2)[C@@H](C)C1=O. The first kappa shape index (κ1) is 18.2. The van der Waals surface area contributed by atoms with Crippen LogP contribution in [-0.2, 0) is 4.79 Å². The summed E-state index contributed by atoms with van der Waals surface area (Å²) in [5.41, 5.74) is 0.922. The molecule has 3 rings (SSSR count). The molecule has 0 saturated carbocycles. The summed E-state index contributed by atoms with van der Waals surface area (Å²) in [4.78, 5) is 28.6. The van der Waals surface area contributed by atoms with Gasteiger partial charge in [-0.2, -0.15) is 0 Å². The summed E-state index contributed by atoms with van der Waals surface area (Å²) in [5.74, 6) is -0.410. The van der Waals surface area contributed by atoms with Crippen LogP contribution in [0.4, 0.5) is 10.1 Å². The molecule has 2 amide bonds. The Labute approximate surface area is 155 Å². The fraction of sp³-hybridized carbons (Fsp3) is 0.263. The largest absolute Gasteiger partial charge is 0.495 e. The summed E-state index contributed by atoms with van der Waals surface area (Å²) in [6.45, 7) is 2.33. The highest BCUT2D eigenvalue weighted by molar-refractivity contribution is 6.31. The molecule has 1 heterocycles. The van der Waals surface area contributed by atoms with Gasteiger partial charge in [-0.25, -0.2) is 4.39 Å². The van der Waals surface area contributed by atoms with Crippen LogP contribution in [0.1, 0.15) is 17.3 Å². The maximum absolute atomic E-state index is 13.1.